The van der Waals surface area contributed by atoms with E-state index in [1.807, 2.05) is 36.4 Å². The quantitative estimate of drug-likeness (QED) is 0.152. The molecule has 0 bridgehead atoms. The lowest BCUT2D eigenvalue weighted by Gasteiger charge is -2.14. The van der Waals surface area contributed by atoms with Crippen molar-refractivity contribution in [3.8, 4) is 72.7 Å². The Morgan fingerprint density at radius 1 is 0.167 bits per heavy atom. The molecule has 536 valence electrons. The fourth-order valence-corrected chi connectivity index (χ4v) is 17.8. The lowest BCUT2D eigenvalue weighted by atomic mass is 9.98. The van der Waals surface area contributed by atoms with Crippen molar-refractivity contribution < 1.29 is 13.3 Å². The SMILES string of the molecule is Cc1cc(C)cc(-n2c3ccccc3c3ccc(-c4ccc5oc6ccccc6c5c4)cc32)c1.c1ccc(-c2cc(-c3ccccc3)cc(-n3c4ccccc4c4ccc(-c5ccc6oc7ccccc7c6c5)cc43)c2)cc1.c1ccc2c(-n3c4ccccc4c4ccc(-c5ccc6oc7ccccc7c6c5)cc43)cccc2c1. The van der Waals surface area contributed by atoms with Crippen molar-refractivity contribution in [2.75, 3.05) is 0 Å². The van der Waals surface area contributed by atoms with Gasteiger partial charge < -0.3 is 27.0 Å². The van der Waals surface area contributed by atoms with Crippen LogP contribution in [0.5, 0.6) is 0 Å². The topological polar surface area (TPSA) is 54.2 Å². The van der Waals surface area contributed by atoms with E-state index >= 15 is 0 Å². The molecule has 0 amide bonds. The van der Waals surface area contributed by atoms with Crippen LogP contribution >= 0.6 is 0 Å². The molecule has 18 aromatic carbocycles. The van der Waals surface area contributed by atoms with E-state index in [-0.39, 0.29) is 0 Å². The molecule has 6 heterocycles. The molecule has 0 aliphatic rings. The summed E-state index contributed by atoms with van der Waals surface area (Å²) < 4.78 is 25.5. The maximum absolute atomic E-state index is 6.12. The van der Waals surface area contributed by atoms with Crippen LogP contribution in [-0.2, 0) is 0 Å². The summed E-state index contributed by atoms with van der Waals surface area (Å²) in [7, 11) is 0. The van der Waals surface area contributed by atoms with Gasteiger partial charge in [0.2, 0.25) is 0 Å². The van der Waals surface area contributed by atoms with Crippen LogP contribution in [0.2, 0.25) is 0 Å². The molecule has 24 aromatic rings. The summed E-state index contributed by atoms with van der Waals surface area (Å²) in [5.41, 5.74) is 30.8. The number of aromatic nitrogens is 3. The first-order chi connectivity index (χ1) is 56.3. The number of hydrogen-bond acceptors (Lipinski definition) is 3. The van der Waals surface area contributed by atoms with Gasteiger partial charge in [-0.25, -0.2) is 0 Å². The second-order valence-corrected chi connectivity index (χ2v) is 30.0. The molecule has 24 rings (SSSR count). The van der Waals surface area contributed by atoms with E-state index in [1.165, 1.54) is 154 Å². The minimum atomic E-state index is 0.913. The van der Waals surface area contributed by atoms with Gasteiger partial charge >= 0.3 is 0 Å². The summed E-state index contributed by atoms with van der Waals surface area (Å²) in [6.07, 6.45) is 0. The number of hydrogen-bond donors (Lipinski definition) is 0. The Kier molecular flexibility index (Phi) is 15.6. The van der Waals surface area contributed by atoms with Crippen molar-refractivity contribution >= 4 is 142 Å². The fraction of sp³-hybridized carbons (Fsp3) is 0.0185. The zero-order valence-electron chi connectivity index (χ0n) is 62.6. The highest BCUT2D eigenvalue weighted by Crippen LogP contribution is 2.44. The highest BCUT2D eigenvalue weighted by Gasteiger charge is 2.21. The Labute approximate surface area is 656 Å². The van der Waals surface area contributed by atoms with Crippen LogP contribution in [-0.4, -0.2) is 13.7 Å². The lowest BCUT2D eigenvalue weighted by molar-refractivity contribution is 0.668. The highest BCUT2D eigenvalue weighted by atomic mass is 16.3. The zero-order valence-corrected chi connectivity index (χ0v) is 62.6. The second kappa shape index (κ2) is 27.0. The Balaban J connectivity index is 0.000000105. The largest absolute Gasteiger partial charge is 0.456 e. The van der Waals surface area contributed by atoms with Crippen LogP contribution in [0.3, 0.4) is 0 Å². The van der Waals surface area contributed by atoms with Gasteiger partial charge in [-0.1, -0.05) is 267 Å². The third-order valence-electron chi connectivity index (χ3n) is 23.0. The van der Waals surface area contributed by atoms with Crippen molar-refractivity contribution in [2.45, 2.75) is 13.8 Å². The third kappa shape index (κ3) is 11.2. The molecular formula is C108H71N3O3. The molecular weight excluding hydrogens is 1390 g/mol. The first kappa shape index (κ1) is 66.0. The third-order valence-corrected chi connectivity index (χ3v) is 23.0. The fourth-order valence-electron chi connectivity index (χ4n) is 17.8. The molecule has 0 fully saturated rings. The summed E-state index contributed by atoms with van der Waals surface area (Å²) in [5, 5.41) is 17.0. The minimum absolute atomic E-state index is 0.913. The predicted octanol–water partition coefficient (Wildman–Crippen LogP) is 30.2. The average Bonchev–Trinajstić information content (AvgIpc) is 1.56. The van der Waals surface area contributed by atoms with Gasteiger partial charge in [0.1, 0.15) is 33.5 Å². The molecule has 0 N–H and O–H groups in total. The van der Waals surface area contributed by atoms with E-state index in [2.05, 4.69) is 385 Å². The van der Waals surface area contributed by atoms with E-state index in [9.17, 15) is 0 Å². The first-order valence-electron chi connectivity index (χ1n) is 39.0. The predicted molar refractivity (Wildman–Crippen MR) is 478 cm³/mol. The number of rotatable bonds is 8. The molecule has 114 heavy (non-hydrogen) atoms. The Bertz CT molecular complexity index is 7870. The van der Waals surface area contributed by atoms with Gasteiger partial charge in [-0.15, -0.1) is 0 Å². The number of fused-ring (bicyclic) bond motifs is 19. The molecule has 0 atom stereocenters. The number of nitrogens with zero attached hydrogens (tertiary/aromatic N) is 3. The van der Waals surface area contributed by atoms with Gasteiger partial charge in [-0.2, -0.15) is 0 Å². The number of benzene rings is 18. The monoisotopic (exact) mass is 1460 g/mol. The summed E-state index contributed by atoms with van der Waals surface area (Å²) in [4.78, 5) is 0. The summed E-state index contributed by atoms with van der Waals surface area (Å²) >= 11 is 0. The number of para-hydroxylation sites is 6. The van der Waals surface area contributed by atoms with Crippen LogP contribution < -0.4 is 0 Å². The Morgan fingerprint density at radius 3 is 0.904 bits per heavy atom. The Morgan fingerprint density at radius 2 is 0.474 bits per heavy atom. The van der Waals surface area contributed by atoms with Gasteiger partial charge in [0.05, 0.1) is 38.8 Å². The van der Waals surface area contributed by atoms with E-state index in [0.717, 1.165) is 71.5 Å². The van der Waals surface area contributed by atoms with Crippen LogP contribution in [0.25, 0.3) is 215 Å². The van der Waals surface area contributed by atoms with Crippen LogP contribution in [0.4, 0.5) is 0 Å². The smallest absolute Gasteiger partial charge is 0.135 e. The molecule has 6 aromatic heterocycles. The van der Waals surface area contributed by atoms with E-state index in [1.54, 1.807) is 0 Å². The lowest BCUT2D eigenvalue weighted by Crippen LogP contribution is -1.96. The van der Waals surface area contributed by atoms with Gasteiger partial charge in [0, 0.05) is 81.4 Å². The van der Waals surface area contributed by atoms with Crippen molar-refractivity contribution in [3.63, 3.8) is 0 Å². The summed E-state index contributed by atoms with van der Waals surface area (Å²) in [6.45, 7) is 4.33. The summed E-state index contributed by atoms with van der Waals surface area (Å²) in [6, 6.07) is 141. The van der Waals surface area contributed by atoms with E-state index < -0.39 is 0 Å². The standard InChI is InChI=1S/C42H27NO.C34H21NO.C32H23NO/c1-3-11-28(12-4-1)32-23-33(29-13-5-2-6-14-29)25-34(24-32)43-39-17-9-7-15-35(39)36-21-19-31(27-40(36)43)30-20-22-42-38(26-30)37-16-8-10-18-41(37)44-42;1-2-10-25-22(8-1)9-7-14-30(25)35-31-13-5-3-11-26(31)27-18-16-24(21-32(27)35)23-17-19-34-29(20-23)28-12-4-6-15-33(28)36-34;1-20-15-21(2)17-24(16-20)33-29-9-5-3-7-25(29)26-13-11-23(19-30(26)33)22-12-14-32-28(18-22)27-8-4-6-10-31(27)34-32/h1-27H;1-21H;3-19H,1-2H3. The molecule has 0 aliphatic heterocycles. The molecule has 0 radical (unpaired) electrons. The second-order valence-electron chi connectivity index (χ2n) is 30.0. The van der Waals surface area contributed by atoms with Crippen molar-refractivity contribution in [1.29, 1.82) is 0 Å². The Hall–Kier alpha value is -15.0. The van der Waals surface area contributed by atoms with Gasteiger partial charge in [-0.05, 0) is 213 Å². The molecule has 0 saturated carbocycles. The molecule has 0 unspecified atom stereocenters. The molecule has 0 aliphatic carbocycles. The van der Waals surface area contributed by atoms with E-state index in [0.29, 0.717) is 0 Å². The maximum atomic E-state index is 6.12. The molecule has 6 nitrogen and oxygen atoms in total. The maximum Gasteiger partial charge on any atom is 0.135 e. The molecule has 6 heteroatoms. The normalized spacial score (nSPS) is 11.8. The van der Waals surface area contributed by atoms with Gasteiger partial charge in [-0.3, -0.25) is 0 Å². The van der Waals surface area contributed by atoms with Crippen molar-refractivity contribution in [1.82, 2.24) is 13.7 Å². The van der Waals surface area contributed by atoms with Crippen LogP contribution in [0, 0.1) is 13.8 Å². The van der Waals surface area contributed by atoms with Crippen molar-refractivity contribution in [3.05, 3.63) is 405 Å². The van der Waals surface area contributed by atoms with Gasteiger partial charge in [0.25, 0.3) is 0 Å². The highest BCUT2D eigenvalue weighted by molar-refractivity contribution is 6.15. The average molecular weight is 1460 g/mol. The van der Waals surface area contributed by atoms with Crippen LogP contribution in [0.1, 0.15) is 11.1 Å². The first-order valence-corrected chi connectivity index (χ1v) is 39.0. The molecule has 0 spiro atoms. The molecule has 0 saturated heterocycles. The minimum Gasteiger partial charge on any atom is -0.456 e. The summed E-state index contributed by atoms with van der Waals surface area (Å²) in [5.74, 6) is 0. The van der Waals surface area contributed by atoms with E-state index in [4.69, 9.17) is 13.3 Å². The van der Waals surface area contributed by atoms with Crippen LogP contribution in [0.15, 0.2) is 408 Å². The van der Waals surface area contributed by atoms with Crippen molar-refractivity contribution in [2.24, 2.45) is 0 Å². The number of furan rings is 3. The number of aryl methyl sites for hydroxylation is 2. The zero-order chi connectivity index (χ0) is 75.5. The van der Waals surface area contributed by atoms with Gasteiger partial charge in [0.15, 0.2) is 0 Å².